The number of urea groups is 1. The first-order valence-electron chi connectivity index (χ1n) is 6.07. The van der Waals surface area contributed by atoms with E-state index in [9.17, 15) is 9.18 Å². The second-order valence-electron chi connectivity index (χ2n) is 3.94. The minimum atomic E-state index is -0.227. The summed E-state index contributed by atoms with van der Waals surface area (Å²) in [5.41, 5.74) is 0.621. The van der Waals surface area contributed by atoms with Crippen LogP contribution in [0.25, 0.3) is 0 Å². The van der Waals surface area contributed by atoms with E-state index in [2.05, 4.69) is 37.2 Å². The Kier molecular flexibility index (Phi) is 8.05. The van der Waals surface area contributed by atoms with Crippen LogP contribution in [0, 0.1) is 5.82 Å². The zero-order chi connectivity index (χ0) is 14.1. The number of rotatable bonds is 7. The van der Waals surface area contributed by atoms with Crippen molar-refractivity contribution in [3.63, 3.8) is 0 Å². The fraction of sp³-hybridized carbons (Fsp3) is 0.462. The summed E-state index contributed by atoms with van der Waals surface area (Å²) in [6, 6.07) is 6.50. The summed E-state index contributed by atoms with van der Waals surface area (Å²) in [6.07, 6.45) is 0.495. The fourth-order valence-corrected chi connectivity index (χ4v) is 2.49. The lowest BCUT2D eigenvalue weighted by Crippen LogP contribution is -2.42. The molecule has 0 heterocycles. The maximum Gasteiger partial charge on any atom is 0.317 e. The lowest BCUT2D eigenvalue weighted by molar-refractivity contribution is 0.204. The van der Waals surface area contributed by atoms with Gasteiger partial charge in [-0.05, 0) is 18.1 Å². The summed E-state index contributed by atoms with van der Waals surface area (Å²) in [6.45, 7) is 1.73. The third-order valence-corrected chi connectivity index (χ3v) is 3.33. The van der Waals surface area contributed by atoms with Gasteiger partial charge in [-0.3, -0.25) is 0 Å². The van der Waals surface area contributed by atoms with Crippen molar-refractivity contribution in [3.8, 4) is 0 Å². The first-order chi connectivity index (χ1) is 9.19. The van der Waals surface area contributed by atoms with Gasteiger partial charge in [-0.15, -0.1) is 0 Å². The third kappa shape index (κ3) is 5.91. The predicted molar refractivity (Wildman–Crippen MR) is 82.7 cm³/mol. The molecule has 106 valence electrons. The molecular weight excluding hydrogens is 379 g/mol. The zero-order valence-electron chi connectivity index (χ0n) is 10.5. The lowest BCUT2D eigenvalue weighted by Gasteiger charge is -2.21. The molecule has 1 aromatic rings. The molecule has 0 aromatic heterocycles. The van der Waals surface area contributed by atoms with Gasteiger partial charge in [-0.1, -0.05) is 50.1 Å². The average molecular weight is 396 g/mol. The van der Waals surface area contributed by atoms with Gasteiger partial charge in [0, 0.05) is 30.3 Å². The van der Waals surface area contributed by atoms with Crippen LogP contribution >= 0.6 is 31.9 Å². The van der Waals surface area contributed by atoms with E-state index in [-0.39, 0.29) is 11.8 Å². The third-order valence-electron chi connectivity index (χ3n) is 2.62. The maximum atomic E-state index is 13.4. The van der Waals surface area contributed by atoms with Gasteiger partial charge in [0.2, 0.25) is 0 Å². The molecular formula is C13H17Br2FN2O. The molecule has 19 heavy (non-hydrogen) atoms. The minimum absolute atomic E-state index is 0.116. The smallest absolute Gasteiger partial charge is 0.317 e. The lowest BCUT2D eigenvalue weighted by atomic mass is 10.1. The van der Waals surface area contributed by atoms with E-state index >= 15 is 0 Å². The molecule has 0 spiro atoms. The van der Waals surface area contributed by atoms with E-state index in [1.54, 1.807) is 23.1 Å². The van der Waals surface area contributed by atoms with E-state index in [1.165, 1.54) is 6.07 Å². The van der Waals surface area contributed by atoms with Gasteiger partial charge in [0.1, 0.15) is 5.82 Å². The monoisotopic (exact) mass is 394 g/mol. The fourth-order valence-electron chi connectivity index (χ4n) is 1.64. The van der Waals surface area contributed by atoms with E-state index in [4.69, 9.17) is 0 Å². The minimum Gasteiger partial charge on any atom is -0.338 e. The van der Waals surface area contributed by atoms with Crippen molar-refractivity contribution in [3.05, 3.63) is 35.6 Å². The number of benzene rings is 1. The number of halogens is 3. The average Bonchev–Trinajstić information content (AvgIpc) is 2.40. The van der Waals surface area contributed by atoms with Crippen molar-refractivity contribution in [2.75, 3.05) is 30.3 Å². The summed E-state index contributed by atoms with van der Waals surface area (Å²) in [5.74, 6) is -0.227. The van der Waals surface area contributed by atoms with Crippen molar-refractivity contribution in [2.24, 2.45) is 0 Å². The van der Waals surface area contributed by atoms with Crippen LogP contribution in [0.1, 0.15) is 5.56 Å². The number of hydrogen-bond acceptors (Lipinski definition) is 1. The molecule has 0 fully saturated rings. The van der Waals surface area contributed by atoms with Crippen molar-refractivity contribution in [2.45, 2.75) is 6.42 Å². The second-order valence-corrected chi connectivity index (χ2v) is 5.52. The van der Waals surface area contributed by atoms with E-state index in [1.807, 2.05) is 0 Å². The summed E-state index contributed by atoms with van der Waals surface area (Å²) < 4.78 is 13.4. The van der Waals surface area contributed by atoms with Crippen LogP contribution in [-0.4, -0.2) is 41.2 Å². The highest BCUT2D eigenvalue weighted by Crippen LogP contribution is 2.06. The van der Waals surface area contributed by atoms with Crippen molar-refractivity contribution < 1.29 is 9.18 Å². The topological polar surface area (TPSA) is 32.3 Å². The largest absolute Gasteiger partial charge is 0.338 e. The highest BCUT2D eigenvalue weighted by Gasteiger charge is 2.11. The quantitative estimate of drug-likeness (QED) is 0.706. The van der Waals surface area contributed by atoms with Crippen LogP contribution in [0.3, 0.4) is 0 Å². The molecule has 0 atom stereocenters. The number of hydrogen-bond donors (Lipinski definition) is 1. The molecule has 3 nitrogen and oxygen atoms in total. The highest BCUT2D eigenvalue weighted by atomic mass is 79.9. The van der Waals surface area contributed by atoms with Gasteiger partial charge in [-0.2, -0.15) is 0 Å². The molecule has 0 aliphatic heterocycles. The molecule has 0 saturated heterocycles. The maximum absolute atomic E-state index is 13.4. The Morgan fingerprint density at radius 1 is 1.21 bits per heavy atom. The molecule has 1 aromatic carbocycles. The number of amides is 2. The Hall–Kier alpha value is -0.620. The van der Waals surface area contributed by atoms with Crippen molar-refractivity contribution in [1.29, 1.82) is 0 Å². The molecule has 0 saturated carbocycles. The SMILES string of the molecule is O=C(NCCc1ccccc1F)N(CCBr)CCBr. The van der Waals surface area contributed by atoms with Crippen LogP contribution in [0.5, 0.6) is 0 Å². The Morgan fingerprint density at radius 3 is 2.42 bits per heavy atom. The van der Waals surface area contributed by atoms with Gasteiger partial charge >= 0.3 is 6.03 Å². The Morgan fingerprint density at radius 2 is 1.84 bits per heavy atom. The van der Waals surface area contributed by atoms with Crippen molar-refractivity contribution in [1.82, 2.24) is 10.2 Å². The summed E-state index contributed by atoms with van der Waals surface area (Å²) >= 11 is 6.63. The molecule has 0 unspecified atom stereocenters. The number of alkyl halides is 2. The van der Waals surface area contributed by atoms with Gasteiger partial charge in [0.05, 0.1) is 0 Å². The zero-order valence-corrected chi connectivity index (χ0v) is 13.7. The molecule has 2 amide bonds. The molecule has 0 radical (unpaired) electrons. The Balaban J connectivity index is 2.39. The Bertz CT molecular complexity index is 398. The van der Waals surface area contributed by atoms with Crippen LogP contribution in [0.2, 0.25) is 0 Å². The van der Waals surface area contributed by atoms with Gasteiger partial charge in [0.15, 0.2) is 0 Å². The molecule has 0 bridgehead atoms. The predicted octanol–water partition coefficient (Wildman–Crippen LogP) is 3.17. The van der Waals surface area contributed by atoms with Gasteiger partial charge in [-0.25, -0.2) is 9.18 Å². The van der Waals surface area contributed by atoms with Crippen LogP contribution < -0.4 is 5.32 Å². The highest BCUT2D eigenvalue weighted by molar-refractivity contribution is 9.09. The van der Waals surface area contributed by atoms with Gasteiger partial charge < -0.3 is 10.2 Å². The normalized spacial score (nSPS) is 10.3. The van der Waals surface area contributed by atoms with E-state index in [0.717, 1.165) is 10.7 Å². The summed E-state index contributed by atoms with van der Waals surface area (Å²) in [5, 5.41) is 4.28. The van der Waals surface area contributed by atoms with Crippen LogP contribution in [-0.2, 0) is 6.42 Å². The van der Waals surface area contributed by atoms with E-state index < -0.39 is 0 Å². The first kappa shape index (κ1) is 16.4. The first-order valence-corrected chi connectivity index (χ1v) is 8.31. The van der Waals surface area contributed by atoms with Crippen molar-refractivity contribution >= 4 is 37.9 Å². The number of nitrogens with zero attached hydrogens (tertiary/aromatic N) is 1. The van der Waals surface area contributed by atoms with Gasteiger partial charge in [0.25, 0.3) is 0 Å². The summed E-state index contributed by atoms with van der Waals surface area (Å²) in [4.78, 5) is 13.6. The standard InChI is InChI=1S/C13H17Br2FN2O/c14-6-9-18(10-7-15)13(19)17-8-5-11-3-1-2-4-12(11)16/h1-4H,5-10H2,(H,17,19). The molecule has 1 rings (SSSR count). The number of nitrogens with one attached hydrogen (secondary N) is 1. The van der Waals surface area contributed by atoms with Crippen LogP contribution in [0.4, 0.5) is 9.18 Å². The van der Waals surface area contributed by atoms with E-state index in [0.29, 0.717) is 31.6 Å². The summed E-state index contributed by atoms with van der Waals surface area (Å²) in [7, 11) is 0. The number of carbonyl (C=O) groups is 1. The number of carbonyl (C=O) groups excluding carboxylic acids is 1. The Labute approximate surface area is 129 Å². The second kappa shape index (κ2) is 9.31. The molecule has 0 aliphatic carbocycles. The molecule has 1 N–H and O–H groups in total. The van der Waals surface area contributed by atoms with Crippen LogP contribution in [0.15, 0.2) is 24.3 Å². The molecule has 0 aliphatic rings. The molecule has 6 heteroatoms.